The number of nitrogens with one attached hydrogen (secondary N) is 1. The van der Waals surface area contributed by atoms with E-state index >= 15 is 0 Å². The molecule has 1 aromatic heterocycles. The van der Waals surface area contributed by atoms with Crippen LogP contribution in [0.5, 0.6) is 0 Å². The van der Waals surface area contributed by atoms with E-state index in [1.54, 1.807) is 40.7 Å². The summed E-state index contributed by atoms with van der Waals surface area (Å²) in [6, 6.07) is 6.25. The van der Waals surface area contributed by atoms with Crippen molar-refractivity contribution in [3.8, 4) is 0 Å². The molecule has 0 bridgehead atoms. The van der Waals surface area contributed by atoms with Crippen LogP contribution in [0.25, 0.3) is 0 Å². The molecule has 3 aliphatic heterocycles. The zero-order valence-corrected chi connectivity index (χ0v) is 18.9. The van der Waals surface area contributed by atoms with Gasteiger partial charge in [-0.2, -0.15) is 8.42 Å². The van der Waals surface area contributed by atoms with E-state index in [1.165, 1.54) is 11.3 Å². The molecule has 0 radical (unpaired) electrons. The van der Waals surface area contributed by atoms with E-state index in [-0.39, 0.29) is 22.6 Å². The minimum atomic E-state index is -3.75. The summed E-state index contributed by atoms with van der Waals surface area (Å²) in [5, 5.41) is 5.18. The molecule has 0 aliphatic carbocycles. The van der Waals surface area contributed by atoms with Crippen LogP contribution in [0.3, 0.4) is 0 Å². The summed E-state index contributed by atoms with van der Waals surface area (Å²) in [7, 11) is -3.75. The highest BCUT2D eigenvalue weighted by molar-refractivity contribution is 7.90. The third kappa shape index (κ3) is 3.79. The van der Waals surface area contributed by atoms with E-state index in [1.807, 2.05) is 4.90 Å². The lowest BCUT2D eigenvalue weighted by molar-refractivity contribution is -0.137. The highest BCUT2D eigenvalue weighted by Gasteiger charge is 2.41. The zero-order valence-electron chi connectivity index (χ0n) is 17.3. The molecule has 0 spiro atoms. The Kier molecular flexibility index (Phi) is 5.46. The summed E-state index contributed by atoms with van der Waals surface area (Å²) in [4.78, 5) is 34.0. The van der Waals surface area contributed by atoms with Gasteiger partial charge in [0.05, 0.1) is 5.92 Å². The van der Waals surface area contributed by atoms with Gasteiger partial charge < -0.3 is 15.1 Å². The largest absolute Gasteiger partial charge is 0.343 e. The Morgan fingerprint density at radius 2 is 1.94 bits per heavy atom. The molecular formula is C21H23N5O4S2. The van der Waals surface area contributed by atoms with Crippen LogP contribution in [0.1, 0.15) is 31.2 Å². The molecule has 1 N–H and O–H groups in total. The molecule has 168 valence electrons. The van der Waals surface area contributed by atoms with Crippen LogP contribution in [0.2, 0.25) is 0 Å². The number of likely N-dealkylation sites (tertiary alicyclic amines) is 2. The van der Waals surface area contributed by atoms with Crippen molar-refractivity contribution in [2.45, 2.75) is 36.6 Å². The molecular weight excluding hydrogens is 450 g/mol. The van der Waals surface area contributed by atoms with E-state index < -0.39 is 16.1 Å². The number of thiazole rings is 1. The van der Waals surface area contributed by atoms with Gasteiger partial charge in [-0.3, -0.25) is 9.59 Å². The number of anilines is 1. The van der Waals surface area contributed by atoms with Gasteiger partial charge in [0.1, 0.15) is 10.9 Å². The predicted molar refractivity (Wildman–Crippen MR) is 120 cm³/mol. The van der Waals surface area contributed by atoms with Crippen molar-refractivity contribution in [1.29, 1.82) is 0 Å². The summed E-state index contributed by atoms with van der Waals surface area (Å²) >= 11 is 1.36. The number of benzene rings is 1. The Labute approximate surface area is 190 Å². The lowest BCUT2D eigenvalue weighted by Gasteiger charge is -2.36. The summed E-state index contributed by atoms with van der Waals surface area (Å²) < 4.78 is 29.0. The van der Waals surface area contributed by atoms with Crippen LogP contribution in [-0.4, -0.2) is 66.5 Å². The predicted octanol–water partition coefficient (Wildman–Crippen LogP) is 1.93. The molecule has 32 heavy (non-hydrogen) atoms. The second kappa shape index (κ2) is 8.28. The lowest BCUT2D eigenvalue weighted by atomic mass is 9.96. The summed E-state index contributed by atoms with van der Waals surface area (Å²) in [6.45, 7) is 1.51. The van der Waals surface area contributed by atoms with E-state index in [0.717, 1.165) is 12.8 Å². The molecule has 11 heteroatoms. The number of rotatable bonds is 3. The number of piperidine rings is 1. The smallest absolute Gasteiger partial charge is 0.285 e. The first kappa shape index (κ1) is 21.1. The molecule has 1 aromatic carbocycles. The number of carbonyl (C=O) groups excluding carboxylic acids is 2. The Balaban J connectivity index is 1.32. The van der Waals surface area contributed by atoms with Gasteiger partial charge in [0.25, 0.3) is 10.0 Å². The van der Waals surface area contributed by atoms with Gasteiger partial charge in [-0.05, 0) is 37.8 Å². The molecule has 3 aliphatic rings. The molecule has 0 saturated carbocycles. The number of hydrogen-bond donors (Lipinski definition) is 1. The third-order valence-corrected chi connectivity index (χ3v) is 8.20. The molecule has 9 nitrogen and oxygen atoms in total. The maximum atomic E-state index is 13.5. The zero-order chi connectivity index (χ0) is 22.3. The topological polar surface area (TPSA) is 112 Å². The van der Waals surface area contributed by atoms with Gasteiger partial charge in [0.15, 0.2) is 11.0 Å². The van der Waals surface area contributed by atoms with Crippen molar-refractivity contribution in [3.05, 3.63) is 41.4 Å². The molecule has 2 amide bonds. The number of amides is 2. The number of fused-ring (bicyclic) bond motifs is 1. The fraction of sp³-hybridized carbons (Fsp3) is 0.429. The fourth-order valence-corrected chi connectivity index (χ4v) is 6.42. The second-order valence-corrected chi connectivity index (χ2v) is 10.7. The van der Waals surface area contributed by atoms with Crippen LogP contribution in [0, 0.1) is 5.92 Å². The van der Waals surface area contributed by atoms with Crippen molar-refractivity contribution in [2.75, 3.05) is 25.0 Å². The highest BCUT2D eigenvalue weighted by atomic mass is 32.2. The molecule has 2 saturated heterocycles. The first-order chi connectivity index (χ1) is 15.4. The Morgan fingerprint density at radius 1 is 1.12 bits per heavy atom. The molecule has 2 atom stereocenters. The molecule has 2 fully saturated rings. The van der Waals surface area contributed by atoms with Crippen molar-refractivity contribution >= 4 is 44.1 Å². The highest BCUT2D eigenvalue weighted by Crippen LogP contribution is 2.32. The van der Waals surface area contributed by atoms with Crippen molar-refractivity contribution in [1.82, 2.24) is 14.8 Å². The first-order valence-electron chi connectivity index (χ1n) is 10.6. The Hall–Kier alpha value is -2.79. The van der Waals surface area contributed by atoms with Crippen molar-refractivity contribution in [2.24, 2.45) is 10.3 Å². The minimum Gasteiger partial charge on any atom is -0.343 e. The molecule has 4 heterocycles. The van der Waals surface area contributed by atoms with E-state index in [9.17, 15) is 18.0 Å². The van der Waals surface area contributed by atoms with Gasteiger partial charge in [-0.25, -0.2) is 4.98 Å². The standard InChI is InChI=1S/C21H23N5O4S2/c27-19(23-21-22-9-12-31-21)14-5-3-10-25(13-14)20(28)16-7-4-11-26(16)18-15-6-1-2-8-17(15)32(29,30)24-18/h1-2,6,8-9,12,14,16H,3-5,7,10-11,13H2,(H,22,23,27)/t14?,16-/m0/s1. The van der Waals surface area contributed by atoms with Gasteiger partial charge >= 0.3 is 0 Å². The van der Waals surface area contributed by atoms with Crippen LogP contribution in [-0.2, 0) is 19.6 Å². The number of nitrogens with zero attached hydrogens (tertiary/aromatic N) is 4. The Morgan fingerprint density at radius 3 is 2.75 bits per heavy atom. The van der Waals surface area contributed by atoms with Crippen LogP contribution in [0.15, 0.2) is 45.1 Å². The number of amidine groups is 1. The normalized spacial score (nSPS) is 24.2. The quantitative estimate of drug-likeness (QED) is 0.729. The van der Waals surface area contributed by atoms with E-state index in [4.69, 9.17) is 0 Å². The summed E-state index contributed by atoms with van der Waals surface area (Å²) in [6.07, 6.45) is 4.50. The van der Waals surface area contributed by atoms with Gasteiger partial charge in [-0.15, -0.1) is 15.7 Å². The van der Waals surface area contributed by atoms with Crippen LogP contribution in [0.4, 0.5) is 5.13 Å². The average molecular weight is 474 g/mol. The average Bonchev–Trinajstić information content (AvgIpc) is 3.53. The molecule has 5 rings (SSSR count). The molecule has 1 unspecified atom stereocenters. The van der Waals surface area contributed by atoms with Crippen LogP contribution >= 0.6 is 11.3 Å². The molecule has 2 aromatic rings. The number of hydrogen-bond acceptors (Lipinski definition) is 7. The van der Waals surface area contributed by atoms with Crippen LogP contribution < -0.4 is 5.32 Å². The van der Waals surface area contributed by atoms with E-state index in [2.05, 4.69) is 14.7 Å². The monoisotopic (exact) mass is 473 g/mol. The second-order valence-electron chi connectivity index (χ2n) is 8.19. The maximum absolute atomic E-state index is 13.5. The minimum absolute atomic E-state index is 0.0706. The lowest BCUT2D eigenvalue weighted by Crippen LogP contribution is -2.51. The summed E-state index contributed by atoms with van der Waals surface area (Å²) in [5.41, 5.74) is 0.548. The fourth-order valence-electron chi connectivity index (χ4n) is 4.67. The first-order valence-corrected chi connectivity index (χ1v) is 13.0. The van der Waals surface area contributed by atoms with Gasteiger partial charge in [0, 0.05) is 36.8 Å². The number of sulfonamides is 1. The number of carbonyl (C=O) groups is 2. The Bertz CT molecular complexity index is 1180. The van der Waals surface area contributed by atoms with Gasteiger partial charge in [-0.1, -0.05) is 12.1 Å². The van der Waals surface area contributed by atoms with Gasteiger partial charge in [0.2, 0.25) is 11.8 Å². The number of aromatic nitrogens is 1. The third-order valence-electron chi connectivity index (χ3n) is 6.19. The SMILES string of the molecule is O=C(Nc1nccs1)C1CCCN(C(=O)[C@@H]2CCCN2C2=NS(=O)(=O)c3ccccc32)C1. The van der Waals surface area contributed by atoms with Crippen molar-refractivity contribution in [3.63, 3.8) is 0 Å². The van der Waals surface area contributed by atoms with Crippen molar-refractivity contribution < 1.29 is 18.0 Å². The summed E-state index contributed by atoms with van der Waals surface area (Å²) in [5.74, 6) is -0.137. The van der Waals surface area contributed by atoms with E-state index in [0.29, 0.717) is 49.0 Å². The maximum Gasteiger partial charge on any atom is 0.285 e.